The van der Waals surface area contributed by atoms with Crippen LogP contribution in [0.5, 0.6) is 5.75 Å². The van der Waals surface area contributed by atoms with Gasteiger partial charge in [-0.15, -0.1) is 0 Å². The van der Waals surface area contributed by atoms with Crippen molar-refractivity contribution in [3.63, 3.8) is 0 Å². The van der Waals surface area contributed by atoms with Gasteiger partial charge in [-0.05, 0) is 43.9 Å². The van der Waals surface area contributed by atoms with Crippen LogP contribution in [0.4, 0.5) is 0 Å². The fraction of sp³-hybridized carbons (Fsp3) is 0.476. The monoisotopic (exact) mass is 370 g/mol. The molecule has 27 heavy (non-hydrogen) atoms. The molecule has 2 aliphatic heterocycles. The van der Waals surface area contributed by atoms with E-state index in [4.69, 9.17) is 9.15 Å². The van der Waals surface area contributed by atoms with E-state index in [0.717, 1.165) is 24.2 Å². The maximum atomic E-state index is 12.5. The molecule has 0 saturated carbocycles. The van der Waals surface area contributed by atoms with Crippen LogP contribution >= 0.6 is 0 Å². The van der Waals surface area contributed by atoms with Crippen molar-refractivity contribution in [2.45, 2.75) is 49.9 Å². The van der Waals surface area contributed by atoms with E-state index >= 15 is 0 Å². The van der Waals surface area contributed by atoms with Gasteiger partial charge in [0.05, 0.1) is 19.9 Å². The molecule has 6 heteroatoms. The molecule has 2 saturated heterocycles. The van der Waals surface area contributed by atoms with E-state index in [0.29, 0.717) is 31.7 Å². The molecule has 0 unspecified atom stereocenters. The van der Waals surface area contributed by atoms with E-state index < -0.39 is 5.60 Å². The first-order chi connectivity index (χ1) is 13.1. The molecule has 2 aromatic rings. The molecule has 2 fully saturated rings. The average Bonchev–Trinajstić information content (AvgIpc) is 3.29. The predicted octanol–water partition coefficient (Wildman–Crippen LogP) is 2.42. The van der Waals surface area contributed by atoms with Gasteiger partial charge in [0.15, 0.2) is 0 Å². The van der Waals surface area contributed by atoms with Crippen molar-refractivity contribution < 1.29 is 19.1 Å². The molecule has 1 amide bonds. The Balaban J connectivity index is 1.36. The highest BCUT2D eigenvalue weighted by molar-refractivity contribution is 5.78. The first kappa shape index (κ1) is 18.1. The summed E-state index contributed by atoms with van der Waals surface area (Å²) >= 11 is 0. The highest BCUT2D eigenvalue weighted by Crippen LogP contribution is 2.45. The molecule has 3 heterocycles. The topological polar surface area (TPSA) is 74.9 Å². The SMILES string of the molecule is COc1ccccc1CNC(=O)CN1[C@@H]2CC[C@@H]1CC(O)(c1ccco1)C2. The Kier molecular flexibility index (Phi) is 4.93. The van der Waals surface area contributed by atoms with Gasteiger partial charge in [-0.3, -0.25) is 9.69 Å². The molecular formula is C21H26N2O4. The van der Waals surface area contributed by atoms with E-state index in [1.165, 1.54) is 0 Å². The number of rotatable bonds is 6. The minimum absolute atomic E-state index is 0.00115. The molecule has 2 N–H and O–H groups in total. The smallest absolute Gasteiger partial charge is 0.234 e. The molecule has 2 bridgehead atoms. The van der Waals surface area contributed by atoms with Gasteiger partial charge in [-0.25, -0.2) is 0 Å². The summed E-state index contributed by atoms with van der Waals surface area (Å²) in [5, 5.41) is 14.0. The second-order valence-corrected chi connectivity index (χ2v) is 7.56. The number of benzene rings is 1. The van der Waals surface area contributed by atoms with Gasteiger partial charge in [-0.2, -0.15) is 0 Å². The third-order valence-corrected chi connectivity index (χ3v) is 5.89. The van der Waals surface area contributed by atoms with Crippen LogP contribution in [0, 0.1) is 0 Å². The number of para-hydroxylation sites is 1. The zero-order valence-corrected chi connectivity index (χ0v) is 15.6. The van der Waals surface area contributed by atoms with Crippen molar-refractivity contribution >= 4 is 5.91 Å². The maximum Gasteiger partial charge on any atom is 0.234 e. The third-order valence-electron chi connectivity index (χ3n) is 5.89. The maximum absolute atomic E-state index is 12.5. The predicted molar refractivity (Wildman–Crippen MR) is 100 cm³/mol. The fourth-order valence-corrected chi connectivity index (χ4v) is 4.58. The minimum atomic E-state index is -0.917. The number of hydrogen-bond donors (Lipinski definition) is 2. The lowest BCUT2D eigenvalue weighted by Gasteiger charge is -2.42. The van der Waals surface area contributed by atoms with Crippen LogP contribution in [0.2, 0.25) is 0 Å². The summed E-state index contributed by atoms with van der Waals surface area (Å²) in [5.74, 6) is 1.42. The Labute approximate surface area is 159 Å². The zero-order chi connectivity index (χ0) is 18.9. The van der Waals surface area contributed by atoms with Gasteiger partial charge in [-0.1, -0.05) is 18.2 Å². The standard InChI is InChI=1S/C21H26N2O4/c1-26-18-6-3-2-5-15(18)13-22-20(24)14-23-16-8-9-17(23)12-21(25,11-16)19-7-4-10-27-19/h2-7,10,16-17,25H,8-9,11-14H2,1H3,(H,22,24)/t16-,17-/m1/s1. The van der Waals surface area contributed by atoms with Crippen molar-refractivity contribution in [2.75, 3.05) is 13.7 Å². The number of carbonyl (C=O) groups excluding carboxylic acids is 1. The van der Waals surface area contributed by atoms with E-state index in [2.05, 4.69) is 10.2 Å². The molecule has 1 aromatic heterocycles. The Morgan fingerprint density at radius 1 is 1.26 bits per heavy atom. The molecule has 0 spiro atoms. The van der Waals surface area contributed by atoms with Crippen LogP contribution in [-0.2, 0) is 16.9 Å². The van der Waals surface area contributed by atoms with Crippen LogP contribution in [0.1, 0.15) is 37.0 Å². The number of ether oxygens (including phenoxy) is 1. The number of carbonyl (C=O) groups is 1. The second-order valence-electron chi connectivity index (χ2n) is 7.56. The van der Waals surface area contributed by atoms with Crippen LogP contribution in [0.15, 0.2) is 47.1 Å². The van der Waals surface area contributed by atoms with Crippen molar-refractivity contribution in [2.24, 2.45) is 0 Å². The lowest BCUT2D eigenvalue weighted by atomic mass is 9.84. The minimum Gasteiger partial charge on any atom is -0.496 e. The number of nitrogens with one attached hydrogen (secondary N) is 1. The Hall–Kier alpha value is -2.31. The van der Waals surface area contributed by atoms with Gasteiger partial charge in [0.25, 0.3) is 0 Å². The summed E-state index contributed by atoms with van der Waals surface area (Å²) in [6.45, 7) is 0.807. The molecular weight excluding hydrogens is 344 g/mol. The van der Waals surface area contributed by atoms with Crippen LogP contribution in [0.25, 0.3) is 0 Å². The number of furan rings is 1. The summed E-state index contributed by atoms with van der Waals surface area (Å²) in [5.41, 5.74) is 0.0434. The number of amides is 1. The Morgan fingerprint density at radius 2 is 2.00 bits per heavy atom. The lowest BCUT2D eigenvalue weighted by molar-refractivity contribution is -0.126. The lowest BCUT2D eigenvalue weighted by Crippen LogP contribution is -2.52. The molecule has 2 atom stereocenters. The Bertz CT molecular complexity index is 775. The number of fused-ring (bicyclic) bond motifs is 2. The first-order valence-electron chi connectivity index (χ1n) is 9.50. The summed E-state index contributed by atoms with van der Waals surface area (Å²) in [7, 11) is 1.63. The van der Waals surface area contributed by atoms with E-state index in [1.807, 2.05) is 36.4 Å². The summed E-state index contributed by atoms with van der Waals surface area (Å²) < 4.78 is 10.8. The molecule has 0 aliphatic carbocycles. The van der Waals surface area contributed by atoms with Crippen LogP contribution in [0.3, 0.4) is 0 Å². The van der Waals surface area contributed by atoms with Crippen LogP contribution in [-0.4, -0.2) is 41.7 Å². The number of piperidine rings is 1. The largest absolute Gasteiger partial charge is 0.496 e. The van der Waals surface area contributed by atoms with Crippen molar-refractivity contribution in [3.05, 3.63) is 54.0 Å². The highest BCUT2D eigenvalue weighted by atomic mass is 16.5. The van der Waals surface area contributed by atoms with Gasteiger partial charge in [0.2, 0.25) is 5.91 Å². The van der Waals surface area contributed by atoms with Gasteiger partial charge in [0.1, 0.15) is 17.1 Å². The quantitative estimate of drug-likeness (QED) is 0.817. The van der Waals surface area contributed by atoms with Gasteiger partial charge in [0, 0.05) is 24.2 Å². The van der Waals surface area contributed by atoms with Crippen molar-refractivity contribution in [1.82, 2.24) is 10.2 Å². The number of aliphatic hydroxyl groups is 1. The molecule has 2 aliphatic rings. The highest BCUT2D eigenvalue weighted by Gasteiger charge is 2.49. The Morgan fingerprint density at radius 3 is 2.67 bits per heavy atom. The molecule has 0 radical (unpaired) electrons. The van der Waals surface area contributed by atoms with E-state index in [9.17, 15) is 9.90 Å². The van der Waals surface area contributed by atoms with Gasteiger partial charge >= 0.3 is 0 Å². The molecule has 4 rings (SSSR count). The summed E-state index contributed by atoms with van der Waals surface area (Å²) in [6.07, 6.45) is 4.83. The van der Waals surface area contributed by atoms with Crippen molar-refractivity contribution in [1.29, 1.82) is 0 Å². The molecule has 1 aromatic carbocycles. The van der Waals surface area contributed by atoms with Crippen LogP contribution < -0.4 is 10.1 Å². The van der Waals surface area contributed by atoms with E-state index in [-0.39, 0.29) is 18.0 Å². The fourth-order valence-electron chi connectivity index (χ4n) is 4.58. The third kappa shape index (κ3) is 3.59. The first-order valence-corrected chi connectivity index (χ1v) is 9.50. The second kappa shape index (κ2) is 7.37. The number of methoxy groups -OCH3 is 1. The summed E-state index contributed by atoms with van der Waals surface area (Å²) in [4.78, 5) is 14.8. The molecule has 144 valence electrons. The van der Waals surface area contributed by atoms with Gasteiger partial charge < -0.3 is 19.6 Å². The zero-order valence-electron chi connectivity index (χ0n) is 15.6. The van der Waals surface area contributed by atoms with Crippen molar-refractivity contribution in [3.8, 4) is 5.75 Å². The number of nitrogens with zero attached hydrogens (tertiary/aromatic N) is 1. The number of hydrogen-bond acceptors (Lipinski definition) is 5. The van der Waals surface area contributed by atoms with E-state index in [1.54, 1.807) is 13.4 Å². The normalized spacial score (nSPS) is 27.5. The molecule has 6 nitrogen and oxygen atoms in total. The average molecular weight is 370 g/mol. The summed E-state index contributed by atoms with van der Waals surface area (Å²) in [6, 6.07) is 11.8.